The zero-order chi connectivity index (χ0) is 15.3. The number of benzene rings is 1. The summed E-state index contributed by atoms with van der Waals surface area (Å²) in [6, 6.07) is 9.73. The van der Waals surface area contributed by atoms with Gasteiger partial charge >= 0.3 is 6.09 Å². The number of rotatable bonds is 10. The van der Waals surface area contributed by atoms with E-state index in [0.29, 0.717) is 33.0 Å². The predicted molar refractivity (Wildman–Crippen MR) is 81.3 cm³/mol. The van der Waals surface area contributed by atoms with Gasteiger partial charge < -0.3 is 19.5 Å². The molecular weight excluding hydrogens is 270 g/mol. The van der Waals surface area contributed by atoms with Crippen LogP contribution in [0.4, 0.5) is 4.79 Å². The molecule has 118 valence electrons. The van der Waals surface area contributed by atoms with Gasteiger partial charge in [0.2, 0.25) is 0 Å². The monoisotopic (exact) mass is 295 g/mol. The smallest absolute Gasteiger partial charge is 0.407 e. The standard InChI is InChI=1S/C16H25NO4/c1-3-15(14-8-6-5-7-9-14)21-16(18)17-10-11-20-13-12-19-4-2/h5-9,15H,3-4,10-13H2,1-2H3,(H,17,18). The molecule has 0 saturated heterocycles. The molecule has 1 unspecified atom stereocenters. The molecule has 0 aromatic heterocycles. The first kappa shape index (κ1) is 17.5. The Morgan fingerprint density at radius 2 is 1.81 bits per heavy atom. The average molecular weight is 295 g/mol. The Bertz CT molecular complexity index is 383. The minimum absolute atomic E-state index is 0.218. The highest BCUT2D eigenvalue weighted by Gasteiger charge is 2.13. The number of alkyl carbamates (subject to hydrolysis) is 1. The van der Waals surface area contributed by atoms with E-state index >= 15 is 0 Å². The van der Waals surface area contributed by atoms with Gasteiger partial charge in [-0.1, -0.05) is 37.3 Å². The minimum Gasteiger partial charge on any atom is -0.441 e. The van der Waals surface area contributed by atoms with E-state index in [2.05, 4.69) is 5.32 Å². The minimum atomic E-state index is -0.417. The summed E-state index contributed by atoms with van der Waals surface area (Å²) in [5, 5.41) is 2.68. The summed E-state index contributed by atoms with van der Waals surface area (Å²) < 4.78 is 15.8. The molecule has 21 heavy (non-hydrogen) atoms. The van der Waals surface area contributed by atoms with Gasteiger partial charge in [0.05, 0.1) is 19.8 Å². The lowest BCUT2D eigenvalue weighted by Gasteiger charge is -2.17. The number of carbonyl (C=O) groups is 1. The zero-order valence-electron chi connectivity index (χ0n) is 12.8. The van der Waals surface area contributed by atoms with E-state index in [1.54, 1.807) is 0 Å². The highest BCUT2D eigenvalue weighted by atomic mass is 16.6. The molecule has 1 rings (SSSR count). The Hall–Kier alpha value is -1.59. The predicted octanol–water partition coefficient (Wildman–Crippen LogP) is 2.92. The summed E-state index contributed by atoms with van der Waals surface area (Å²) in [6.45, 7) is 6.60. The molecule has 1 atom stereocenters. The van der Waals surface area contributed by atoms with Gasteiger partial charge in [0.25, 0.3) is 0 Å². The number of carbonyl (C=O) groups excluding carboxylic acids is 1. The number of hydrogen-bond donors (Lipinski definition) is 1. The van der Waals surface area contributed by atoms with E-state index in [4.69, 9.17) is 14.2 Å². The van der Waals surface area contributed by atoms with Gasteiger partial charge in [0.1, 0.15) is 6.10 Å². The van der Waals surface area contributed by atoms with Crippen LogP contribution in [0.2, 0.25) is 0 Å². The second-order valence-electron chi connectivity index (χ2n) is 4.45. The number of amides is 1. The van der Waals surface area contributed by atoms with Crippen LogP contribution in [-0.4, -0.2) is 39.1 Å². The summed E-state index contributed by atoms with van der Waals surface area (Å²) in [7, 11) is 0. The lowest BCUT2D eigenvalue weighted by molar-refractivity contribution is 0.0515. The van der Waals surface area contributed by atoms with Crippen molar-refractivity contribution in [3.63, 3.8) is 0 Å². The molecule has 0 saturated carbocycles. The van der Waals surface area contributed by atoms with Crippen molar-refractivity contribution in [2.75, 3.05) is 33.0 Å². The molecule has 1 N–H and O–H groups in total. The maximum absolute atomic E-state index is 11.7. The quantitative estimate of drug-likeness (QED) is 0.674. The van der Waals surface area contributed by atoms with Crippen LogP contribution in [0, 0.1) is 0 Å². The van der Waals surface area contributed by atoms with Crippen LogP contribution >= 0.6 is 0 Å². The Morgan fingerprint density at radius 3 is 2.48 bits per heavy atom. The van der Waals surface area contributed by atoms with Crippen molar-refractivity contribution in [3.8, 4) is 0 Å². The molecule has 0 fully saturated rings. The van der Waals surface area contributed by atoms with E-state index in [1.807, 2.05) is 44.2 Å². The van der Waals surface area contributed by atoms with E-state index < -0.39 is 6.09 Å². The third-order valence-electron chi connectivity index (χ3n) is 2.88. The highest BCUT2D eigenvalue weighted by molar-refractivity contribution is 5.67. The van der Waals surface area contributed by atoms with Gasteiger partial charge in [-0.2, -0.15) is 0 Å². The lowest BCUT2D eigenvalue weighted by Crippen LogP contribution is -2.29. The Kier molecular flexibility index (Phi) is 9.24. The largest absolute Gasteiger partial charge is 0.441 e. The van der Waals surface area contributed by atoms with Crippen molar-refractivity contribution >= 4 is 6.09 Å². The van der Waals surface area contributed by atoms with Crippen molar-refractivity contribution in [2.24, 2.45) is 0 Å². The van der Waals surface area contributed by atoms with Crippen LogP contribution in [-0.2, 0) is 14.2 Å². The Morgan fingerprint density at radius 1 is 1.10 bits per heavy atom. The number of hydrogen-bond acceptors (Lipinski definition) is 4. The molecule has 0 spiro atoms. The van der Waals surface area contributed by atoms with Crippen LogP contribution in [0.1, 0.15) is 31.9 Å². The van der Waals surface area contributed by atoms with Crippen molar-refractivity contribution < 1.29 is 19.0 Å². The fourth-order valence-corrected chi connectivity index (χ4v) is 1.82. The zero-order valence-corrected chi connectivity index (χ0v) is 12.8. The molecule has 0 aliphatic heterocycles. The summed E-state index contributed by atoms with van der Waals surface area (Å²) in [5.74, 6) is 0. The Labute approximate surface area is 126 Å². The van der Waals surface area contributed by atoms with Crippen molar-refractivity contribution in [3.05, 3.63) is 35.9 Å². The first-order valence-corrected chi connectivity index (χ1v) is 7.42. The molecule has 0 bridgehead atoms. The molecule has 5 nitrogen and oxygen atoms in total. The maximum atomic E-state index is 11.7. The molecule has 0 radical (unpaired) electrons. The first-order valence-electron chi connectivity index (χ1n) is 7.42. The third-order valence-corrected chi connectivity index (χ3v) is 2.88. The van der Waals surface area contributed by atoms with Gasteiger partial charge in [-0.05, 0) is 18.9 Å². The van der Waals surface area contributed by atoms with Crippen LogP contribution in [0.25, 0.3) is 0 Å². The van der Waals surface area contributed by atoms with Crippen molar-refractivity contribution in [2.45, 2.75) is 26.4 Å². The second-order valence-corrected chi connectivity index (χ2v) is 4.45. The SMILES string of the molecule is CCOCCOCCNC(=O)OC(CC)c1ccccc1. The van der Waals surface area contributed by atoms with Crippen LogP contribution in [0.15, 0.2) is 30.3 Å². The molecule has 0 aliphatic rings. The third kappa shape index (κ3) is 7.68. The van der Waals surface area contributed by atoms with Crippen molar-refractivity contribution in [1.82, 2.24) is 5.32 Å². The molecule has 1 amide bonds. The lowest BCUT2D eigenvalue weighted by atomic mass is 10.1. The topological polar surface area (TPSA) is 56.8 Å². The maximum Gasteiger partial charge on any atom is 0.407 e. The van der Waals surface area contributed by atoms with Gasteiger partial charge in [0, 0.05) is 13.2 Å². The molecule has 0 aliphatic carbocycles. The first-order chi connectivity index (χ1) is 10.3. The summed E-state index contributed by atoms with van der Waals surface area (Å²) >= 11 is 0. The van der Waals surface area contributed by atoms with E-state index in [1.165, 1.54) is 0 Å². The summed E-state index contributed by atoms with van der Waals surface area (Å²) in [6.07, 6.45) is 0.103. The summed E-state index contributed by atoms with van der Waals surface area (Å²) in [4.78, 5) is 11.7. The van der Waals surface area contributed by atoms with Gasteiger partial charge in [0.15, 0.2) is 0 Å². The van der Waals surface area contributed by atoms with Gasteiger partial charge in [-0.25, -0.2) is 4.79 Å². The number of nitrogens with one attached hydrogen (secondary N) is 1. The normalized spacial score (nSPS) is 11.9. The van der Waals surface area contributed by atoms with Crippen LogP contribution in [0.3, 0.4) is 0 Å². The molecule has 1 aromatic carbocycles. The second kappa shape index (κ2) is 11.1. The number of ether oxygens (including phenoxy) is 3. The van der Waals surface area contributed by atoms with Crippen LogP contribution in [0.5, 0.6) is 0 Å². The molecule has 5 heteroatoms. The van der Waals surface area contributed by atoms with Crippen LogP contribution < -0.4 is 5.32 Å². The van der Waals surface area contributed by atoms with E-state index in [0.717, 1.165) is 12.0 Å². The fraction of sp³-hybridized carbons (Fsp3) is 0.562. The van der Waals surface area contributed by atoms with E-state index in [9.17, 15) is 4.79 Å². The van der Waals surface area contributed by atoms with Crippen molar-refractivity contribution in [1.29, 1.82) is 0 Å². The van der Waals surface area contributed by atoms with E-state index in [-0.39, 0.29) is 6.10 Å². The molecular formula is C16H25NO4. The molecule has 1 aromatic rings. The average Bonchev–Trinajstić information content (AvgIpc) is 2.52. The highest BCUT2D eigenvalue weighted by Crippen LogP contribution is 2.20. The Balaban J connectivity index is 2.17. The molecule has 0 heterocycles. The van der Waals surface area contributed by atoms with Gasteiger partial charge in [-0.15, -0.1) is 0 Å². The summed E-state index contributed by atoms with van der Waals surface area (Å²) in [5.41, 5.74) is 1.00. The fourth-order valence-electron chi connectivity index (χ4n) is 1.82. The van der Waals surface area contributed by atoms with Gasteiger partial charge in [-0.3, -0.25) is 0 Å².